The Morgan fingerprint density at radius 2 is 2.08 bits per heavy atom. The van der Waals surface area contributed by atoms with Crippen LogP contribution < -0.4 is 0 Å². The van der Waals surface area contributed by atoms with Crippen LogP contribution in [0.15, 0.2) is 18.2 Å². The number of esters is 1. The Hall–Kier alpha value is -1.80. The molecule has 1 unspecified atom stereocenters. The molecule has 0 aliphatic carbocycles. The van der Waals surface area contributed by atoms with Crippen molar-refractivity contribution in [1.29, 1.82) is 0 Å². The molecule has 0 spiro atoms. The Morgan fingerprint density at radius 3 is 2.62 bits per heavy atom. The number of hydrogen-bond acceptors (Lipinski definition) is 6. The Labute approximate surface area is 157 Å². The second-order valence-electron chi connectivity index (χ2n) is 6.73. The third-order valence-electron chi connectivity index (χ3n) is 4.04. The van der Waals surface area contributed by atoms with Crippen LogP contribution in [0.1, 0.15) is 30.6 Å². The summed E-state index contributed by atoms with van der Waals surface area (Å²) in [4.78, 5) is 26.1. The number of halogens is 1. The van der Waals surface area contributed by atoms with Crippen molar-refractivity contribution in [3.05, 3.63) is 28.8 Å². The van der Waals surface area contributed by atoms with Crippen LogP contribution in [0.2, 0.25) is 5.02 Å². The molecule has 0 radical (unpaired) electrons. The van der Waals surface area contributed by atoms with E-state index < -0.39 is 34.4 Å². The highest BCUT2D eigenvalue weighted by Crippen LogP contribution is 2.23. The largest absolute Gasteiger partial charge is 0.507 e. The van der Waals surface area contributed by atoms with Crippen molar-refractivity contribution in [2.24, 2.45) is 5.92 Å². The van der Waals surface area contributed by atoms with Crippen LogP contribution in [-0.4, -0.2) is 61.0 Å². The molecule has 1 aliphatic rings. The van der Waals surface area contributed by atoms with Crippen LogP contribution in [0.5, 0.6) is 5.75 Å². The molecule has 1 saturated heterocycles. The first kappa shape index (κ1) is 20.5. The van der Waals surface area contributed by atoms with Crippen LogP contribution in [0, 0.1) is 5.92 Å². The van der Waals surface area contributed by atoms with Crippen LogP contribution in [0.25, 0.3) is 0 Å². The van der Waals surface area contributed by atoms with Crippen molar-refractivity contribution >= 4 is 33.3 Å². The van der Waals surface area contributed by atoms with Gasteiger partial charge in [-0.25, -0.2) is 13.2 Å². The molecule has 1 aliphatic heterocycles. The maximum Gasteiger partial charge on any atom is 0.342 e. The monoisotopic (exact) mass is 403 g/mol. The summed E-state index contributed by atoms with van der Waals surface area (Å²) in [6.07, 6.45) is 0.382. The lowest BCUT2D eigenvalue weighted by molar-refractivity contribution is -0.137. The number of phenols is 1. The van der Waals surface area contributed by atoms with Crippen LogP contribution in [-0.2, 0) is 19.4 Å². The van der Waals surface area contributed by atoms with Crippen LogP contribution in [0.4, 0.5) is 0 Å². The molecular formula is C17H22ClNO6S. The van der Waals surface area contributed by atoms with Gasteiger partial charge in [-0.15, -0.1) is 0 Å². The molecule has 0 aromatic heterocycles. The van der Waals surface area contributed by atoms with Crippen molar-refractivity contribution in [2.45, 2.75) is 26.3 Å². The number of sulfone groups is 1. The van der Waals surface area contributed by atoms with Gasteiger partial charge >= 0.3 is 5.97 Å². The van der Waals surface area contributed by atoms with E-state index in [1.807, 2.05) is 13.8 Å². The maximum atomic E-state index is 12.5. The van der Waals surface area contributed by atoms with Gasteiger partial charge in [0.25, 0.3) is 5.91 Å². The lowest BCUT2D eigenvalue weighted by atomic mass is 10.1. The van der Waals surface area contributed by atoms with E-state index in [2.05, 4.69) is 0 Å². The van der Waals surface area contributed by atoms with Gasteiger partial charge in [-0.1, -0.05) is 25.4 Å². The van der Waals surface area contributed by atoms with Gasteiger partial charge in [0, 0.05) is 17.6 Å². The van der Waals surface area contributed by atoms with Gasteiger partial charge in [0.15, 0.2) is 16.4 Å². The minimum atomic E-state index is -3.14. The first-order valence-corrected chi connectivity index (χ1v) is 10.4. The fourth-order valence-corrected chi connectivity index (χ4v) is 4.73. The zero-order valence-electron chi connectivity index (χ0n) is 14.6. The van der Waals surface area contributed by atoms with Crippen molar-refractivity contribution in [3.8, 4) is 5.75 Å². The molecular weight excluding hydrogens is 382 g/mol. The molecule has 7 nitrogen and oxygen atoms in total. The second-order valence-corrected chi connectivity index (χ2v) is 9.40. The summed E-state index contributed by atoms with van der Waals surface area (Å²) < 4.78 is 28.4. The number of rotatable bonds is 6. The highest BCUT2D eigenvalue weighted by Gasteiger charge is 2.35. The highest BCUT2D eigenvalue weighted by atomic mass is 35.5. The smallest absolute Gasteiger partial charge is 0.342 e. The zero-order valence-corrected chi connectivity index (χ0v) is 16.2. The van der Waals surface area contributed by atoms with E-state index >= 15 is 0 Å². The number of phenolic OH excluding ortho intramolecular Hbond substituents is 1. The Kier molecular flexibility index (Phi) is 6.52. The SMILES string of the molecule is CC(C)CN(C(=O)COC(=O)c1ccc(Cl)cc1O)C1CCS(=O)(=O)C1. The van der Waals surface area contributed by atoms with Gasteiger partial charge in [-0.3, -0.25) is 4.79 Å². The lowest BCUT2D eigenvalue weighted by Gasteiger charge is -2.29. The number of aromatic hydroxyl groups is 1. The molecule has 1 aromatic rings. The average Bonchev–Trinajstić information content (AvgIpc) is 2.89. The van der Waals surface area contributed by atoms with Crippen molar-refractivity contribution in [3.63, 3.8) is 0 Å². The quantitative estimate of drug-likeness (QED) is 0.727. The molecule has 1 N–H and O–H groups in total. The summed E-state index contributed by atoms with van der Waals surface area (Å²) in [5.41, 5.74) is -0.0962. The first-order chi connectivity index (χ1) is 12.1. The normalized spacial score (nSPS) is 18.7. The predicted molar refractivity (Wildman–Crippen MR) is 97.0 cm³/mol. The molecule has 1 fully saturated rings. The molecule has 1 atom stereocenters. The van der Waals surface area contributed by atoms with E-state index in [0.29, 0.717) is 13.0 Å². The molecule has 26 heavy (non-hydrogen) atoms. The summed E-state index contributed by atoms with van der Waals surface area (Å²) in [6.45, 7) is 3.69. The first-order valence-electron chi connectivity index (χ1n) is 8.24. The molecule has 1 heterocycles. The number of amides is 1. The van der Waals surface area contributed by atoms with Gasteiger partial charge < -0.3 is 14.7 Å². The molecule has 9 heteroatoms. The highest BCUT2D eigenvalue weighted by molar-refractivity contribution is 7.91. The number of carbonyl (C=O) groups excluding carboxylic acids is 2. The number of hydrogen-bond donors (Lipinski definition) is 1. The van der Waals surface area contributed by atoms with E-state index in [-0.39, 0.29) is 33.8 Å². The van der Waals surface area contributed by atoms with Crippen LogP contribution in [0.3, 0.4) is 0 Å². The van der Waals surface area contributed by atoms with Gasteiger partial charge in [0.1, 0.15) is 11.3 Å². The lowest BCUT2D eigenvalue weighted by Crippen LogP contribution is -2.45. The molecule has 0 saturated carbocycles. The van der Waals surface area contributed by atoms with Crippen molar-refractivity contribution < 1.29 is 27.9 Å². The topological polar surface area (TPSA) is 101 Å². The van der Waals surface area contributed by atoms with Gasteiger partial charge in [-0.05, 0) is 30.5 Å². The van der Waals surface area contributed by atoms with Gasteiger partial charge in [-0.2, -0.15) is 0 Å². The fraction of sp³-hybridized carbons (Fsp3) is 0.529. The zero-order chi connectivity index (χ0) is 19.5. The van der Waals surface area contributed by atoms with E-state index in [9.17, 15) is 23.1 Å². The van der Waals surface area contributed by atoms with E-state index in [1.165, 1.54) is 23.1 Å². The Balaban J connectivity index is 2.03. The summed E-state index contributed by atoms with van der Waals surface area (Å²) in [6, 6.07) is 3.53. The van der Waals surface area contributed by atoms with Crippen molar-refractivity contribution in [1.82, 2.24) is 4.90 Å². The average molecular weight is 404 g/mol. The second kappa shape index (κ2) is 8.26. The molecule has 0 bridgehead atoms. The van der Waals surface area contributed by atoms with Crippen LogP contribution >= 0.6 is 11.6 Å². The number of ether oxygens (including phenoxy) is 1. The summed E-state index contributed by atoms with van der Waals surface area (Å²) >= 11 is 5.71. The fourth-order valence-electron chi connectivity index (χ4n) is 2.83. The molecule has 1 amide bonds. The third kappa shape index (κ3) is 5.35. The summed E-state index contributed by atoms with van der Waals surface area (Å²) in [5.74, 6) is -1.53. The number of nitrogens with zero attached hydrogens (tertiary/aromatic N) is 1. The standard InChI is InChI=1S/C17H22ClNO6S/c1-11(2)8-19(13-5-6-26(23,24)10-13)16(21)9-25-17(22)14-4-3-12(18)7-15(14)20/h3-4,7,11,13,20H,5-6,8-10H2,1-2H3. The molecule has 2 rings (SSSR count). The van der Waals surface area contributed by atoms with Gasteiger partial charge in [0.05, 0.1) is 11.5 Å². The maximum absolute atomic E-state index is 12.5. The van der Waals surface area contributed by atoms with Crippen molar-refractivity contribution in [2.75, 3.05) is 24.7 Å². The minimum Gasteiger partial charge on any atom is -0.507 e. The Morgan fingerprint density at radius 1 is 1.38 bits per heavy atom. The van der Waals surface area contributed by atoms with E-state index in [1.54, 1.807) is 0 Å². The Bertz CT molecular complexity index is 792. The summed E-state index contributed by atoms with van der Waals surface area (Å²) in [5, 5.41) is 10.0. The molecule has 1 aromatic carbocycles. The van der Waals surface area contributed by atoms with E-state index in [0.717, 1.165) is 0 Å². The minimum absolute atomic E-state index is 0.0535. The van der Waals surface area contributed by atoms with Gasteiger partial charge in [0.2, 0.25) is 0 Å². The third-order valence-corrected chi connectivity index (χ3v) is 6.02. The predicted octanol–water partition coefficient (Wildman–Crippen LogP) is 1.87. The number of carbonyl (C=O) groups is 2. The van der Waals surface area contributed by atoms with E-state index in [4.69, 9.17) is 16.3 Å². The number of benzene rings is 1. The molecule has 144 valence electrons. The summed E-state index contributed by atoms with van der Waals surface area (Å²) in [7, 11) is -3.14.